The van der Waals surface area contributed by atoms with Gasteiger partial charge in [-0.2, -0.15) is 0 Å². The average Bonchev–Trinajstić information content (AvgIpc) is 2.87. The molecule has 2 aliphatic rings. The largest absolute Gasteiger partial charge is 0.309 e. The summed E-state index contributed by atoms with van der Waals surface area (Å²) >= 11 is 1.89. The molecule has 3 rings (SSSR count). The van der Waals surface area contributed by atoms with Crippen LogP contribution in [0.25, 0.3) is 0 Å². The van der Waals surface area contributed by atoms with E-state index in [0.717, 1.165) is 12.5 Å². The summed E-state index contributed by atoms with van der Waals surface area (Å²) in [6, 6.07) is 2.95. The molecule has 1 nitrogen and oxygen atoms in total. The molecule has 0 aliphatic heterocycles. The Balaban J connectivity index is 1.71. The molecule has 1 N–H and O–H groups in total. The van der Waals surface area contributed by atoms with Crippen molar-refractivity contribution in [3.8, 4) is 0 Å². The van der Waals surface area contributed by atoms with E-state index in [0.29, 0.717) is 16.9 Å². The summed E-state index contributed by atoms with van der Waals surface area (Å²) in [6.45, 7) is 10.8. The maximum absolute atomic E-state index is 3.86. The molecule has 2 heteroatoms. The summed E-state index contributed by atoms with van der Waals surface area (Å²) in [7, 11) is 0. The van der Waals surface area contributed by atoms with Crippen LogP contribution in [0.15, 0.2) is 11.4 Å². The van der Waals surface area contributed by atoms with Gasteiger partial charge in [-0.1, -0.05) is 20.8 Å². The lowest BCUT2D eigenvalue weighted by Crippen LogP contribution is -2.44. The maximum atomic E-state index is 3.86. The van der Waals surface area contributed by atoms with Gasteiger partial charge in [0.25, 0.3) is 0 Å². The number of thiophene rings is 1. The van der Waals surface area contributed by atoms with Crippen molar-refractivity contribution >= 4 is 11.3 Å². The monoisotopic (exact) mass is 263 g/mol. The number of rotatable bonds is 3. The minimum atomic E-state index is 0.503. The SMILES string of the molecule is Cc1ccsc1CNC1CC2CCC1(C)C2(C)C. The molecule has 2 aliphatic carbocycles. The lowest BCUT2D eigenvalue weighted by molar-refractivity contribution is 0.120. The first-order chi connectivity index (χ1) is 8.45. The molecular weight excluding hydrogens is 238 g/mol. The fourth-order valence-corrected chi connectivity index (χ4v) is 5.17. The minimum absolute atomic E-state index is 0.503. The quantitative estimate of drug-likeness (QED) is 0.854. The van der Waals surface area contributed by atoms with Crippen molar-refractivity contribution in [2.45, 2.75) is 59.5 Å². The van der Waals surface area contributed by atoms with Gasteiger partial charge >= 0.3 is 0 Å². The molecule has 0 saturated heterocycles. The van der Waals surface area contributed by atoms with Crippen LogP contribution in [0.1, 0.15) is 50.5 Å². The molecule has 0 spiro atoms. The number of aryl methyl sites for hydroxylation is 1. The van der Waals surface area contributed by atoms with Gasteiger partial charge in [0, 0.05) is 17.5 Å². The molecule has 2 saturated carbocycles. The summed E-state index contributed by atoms with van der Waals surface area (Å²) in [6.07, 6.45) is 4.24. The molecule has 2 bridgehead atoms. The Morgan fingerprint density at radius 1 is 1.39 bits per heavy atom. The second-order valence-electron chi connectivity index (χ2n) is 7.07. The summed E-state index contributed by atoms with van der Waals surface area (Å²) in [5, 5.41) is 6.07. The molecule has 100 valence electrons. The zero-order valence-electron chi connectivity index (χ0n) is 12.0. The first-order valence-corrected chi connectivity index (χ1v) is 8.09. The van der Waals surface area contributed by atoms with E-state index in [-0.39, 0.29) is 0 Å². The van der Waals surface area contributed by atoms with E-state index in [1.807, 2.05) is 11.3 Å². The molecule has 0 aromatic carbocycles. The lowest BCUT2D eigenvalue weighted by Gasteiger charge is -2.39. The van der Waals surface area contributed by atoms with E-state index in [4.69, 9.17) is 0 Å². The van der Waals surface area contributed by atoms with Gasteiger partial charge in [0.05, 0.1) is 0 Å². The van der Waals surface area contributed by atoms with Crippen LogP contribution in [0, 0.1) is 23.7 Å². The summed E-state index contributed by atoms with van der Waals surface area (Å²) < 4.78 is 0. The maximum Gasteiger partial charge on any atom is 0.0305 e. The van der Waals surface area contributed by atoms with Crippen LogP contribution < -0.4 is 5.32 Å². The molecule has 18 heavy (non-hydrogen) atoms. The predicted octanol–water partition coefficient (Wildman–Crippen LogP) is 4.36. The lowest BCUT2D eigenvalue weighted by atomic mass is 9.69. The average molecular weight is 263 g/mol. The molecule has 1 aromatic heterocycles. The fraction of sp³-hybridized carbons (Fsp3) is 0.750. The van der Waals surface area contributed by atoms with E-state index < -0.39 is 0 Å². The van der Waals surface area contributed by atoms with Crippen molar-refractivity contribution in [3.63, 3.8) is 0 Å². The Bertz CT molecular complexity index is 448. The van der Waals surface area contributed by atoms with Crippen LogP contribution >= 0.6 is 11.3 Å². The summed E-state index contributed by atoms with van der Waals surface area (Å²) in [4.78, 5) is 1.51. The summed E-state index contributed by atoms with van der Waals surface area (Å²) in [5.41, 5.74) is 2.47. The van der Waals surface area contributed by atoms with Gasteiger partial charge in [-0.25, -0.2) is 0 Å². The second kappa shape index (κ2) is 4.08. The van der Waals surface area contributed by atoms with Crippen molar-refractivity contribution in [1.29, 1.82) is 0 Å². The predicted molar refractivity (Wildman–Crippen MR) is 78.9 cm³/mol. The summed E-state index contributed by atoms with van der Waals surface area (Å²) in [5.74, 6) is 0.935. The molecule has 2 fully saturated rings. The molecule has 3 atom stereocenters. The van der Waals surface area contributed by atoms with Gasteiger partial charge in [-0.3, -0.25) is 0 Å². The number of fused-ring (bicyclic) bond motifs is 2. The van der Waals surface area contributed by atoms with Gasteiger partial charge in [-0.05, 0) is 59.9 Å². The second-order valence-corrected chi connectivity index (χ2v) is 8.07. The highest BCUT2D eigenvalue weighted by molar-refractivity contribution is 7.10. The van der Waals surface area contributed by atoms with Gasteiger partial charge < -0.3 is 5.32 Å². The zero-order valence-corrected chi connectivity index (χ0v) is 12.9. The Hall–Kier alpha value is -0.340. The first-order valence-electron chi connectivity index (χ1n) is 7.21. The molecule has 3 unspecified atom stereocenters. The van der Waals surface area contributed by atoms with E-state index in [9.17, 15) is 0 Å². The highest BCUT2D eigenvalue weighted by Crippen LogP contribution is 2.65. The van der Waals surface area contributed by atoms with Crippen molar-refractivity contribution in [1.82, 2.24) is 5.32 Å². The van der Waals surface area contributed by atoms with E-state index in [1.54, 1.807) is 0 Å². The Kier molecular flexibility index (Phi) is 2.87. The van der Waals surface area contributed by atoms with Crippen molar-refractivity contribution in [2.75, 3.05) is 0 Å². The molecule has 1 aromatic rings. The zero-order chi connectivity index (χ0) is 13.0. The van der Waals surface area contributed by atoms with E-state index >= 15 is 0 Å². The smallest absolute Gasteiger partial charge is 0.0305 e. The highest BCUT2D eigenvalue weighted by atomic mass is 32.1. The fourth-order valence-electron chi connectivity index (χ4n) is 4.31. The van der Waals surface area contributed by atoms with E-state index in [1.165, 1.54) is 29.7 Å². The molecular formula is C16H25NS. The third-order valence-electron chi connectivity index (χ3n) is 6.27. The third kappa shape index (κ3) is 1.61. The molecule has 0 amide bonds. The van der Waals surface area contributed by atoms with Gasteiger partial charge in [0.1, 0.15) is 0 Å². The van der Waals surface area contributed by atoms with Gasteiger partial charge in [0.15, 0.2) is 0 Å². The Labute approximate surface area is 115 Å². The van der Waals surface area contributed by atoms with Crippen LogP contribution in [0.4, 0.5) is 0 Å². The third-order valence-corrected chi connectivity index (χ3v) is 7.29. The molecule has 0 radical (unpaired) electrons. The highest BCUT2D eigenvalue weighted by Gasteiger charge is 2.60. The van der Waals surface area contributed by atoms with Crippen LogP contribution in [0.5, 0.6) is 0 Å². The first kappa shape index (κ1) is 12.7. The van der Waals surface area contributed by atoms with Crippen molar-refractivity contribution in [2.24, 2.45) is 16.7 Å². The van der Waals surface area contributed by atoms with Crippen LogP contribution in [0.2, 0.25) is 0 Å². The van der Waals surface area contributed by atoms with Gasteiger partial charge in [0.2, 0.25) is 0 Å². The van der Waals surface area contributed by atoms with Crippen molar-refractivity contribution in [3.05, 3.63) is 21.9 Å². The normalized spacial score (nSPS) is 37.3. The number of nitrogens with one attached hydrogen (secondary N) is 1. The Morgan fingerprint density at radius 3 is 2.67 bits per heavy atom. The van der Waals surface area contributed by atoms with Crippen LogP contribution in [-0.2, 0) is 6.54 Å². The van der Waals surface area contributed by atoms with Crippen LogP contribution in [-0.4, -0.2) is 6.04 Å². The topological polar surface area (TPSA) is 12.0 Å². The van der Waals surface area contributed by atoms with E-state index in [2.05, 4.69) is 44.5 Å². The number of hydrogen-bond acceptors (Lipinski definition) is 2. The standard InChI is InChI=1S/C16H25NS/c1-11-6-8-18-13(11)10-17-14-9-12-5-7-16(14,4)15(12,2)3/h6,8,12,14,17H,5,7,9-10H2,1-4H3. The van der Waals surface area contributed by atoms with Crippen molar-refractivity contribution < 1.29 is 0 Å². The van der Waals surface area contributed by atoms with Gasteiger partial charge in [-0.15, -0.1) is 11.3 Å². The minimum Gasteiger partial charge on any atom is -0.309 e. The number of hydrogen-bond donors (Lipinski definition) is 1. The molecule has 1 heterocycles. The Morgan fingerprint density at radius 2 is 2.17 bits per heavy atom. The van der Waals surface area contributed by atoms with Crippen LogP contribution in [0.3, 0.4) is 0 Å².